The van der Waals surface area contributed by atoms with Crippen molar-refractivity contribution >= 4 is 50.4 Å². The van der Waals surface area contributed by atoms with Crippen LogP contribution in [0.3, 0.4) is 0 Å². The fourth-order valence-electron chi connectivity index (χ4n) is 3.37. The molecule has 11 heteroatoms. The van der Waals surface area contributed by atoms with Gasteiger partial charge >= 0.3 is 6.09 Å². The summed E-state index contributed by atoms with van der Waals surface area (Å²) >= 11 is 9.35. The first-order valence-corrected chi connectivity index (χ1v) is 10.5. The third-order valence-electron chi connectivity index (χ3n) is 4.73. The average molecular weight is 506 g/mol. The van der Waals surface area contributed by atoms with Crippen molar-refractivity contribution in [1.29, 1.82) is 0 Å². The SMILES string of the molecule is Cn1cc2c(Br)c(Cl)c(F)c(C(=O)N3CCN(C(=O)OC(C)(C)C)C[C@@H]3CO)c2n1. The Hall–Kier alpha value is -1.91. The topological polar surface area (TPSA) is 87.9 Å². The zero-order valence-corrected chi connectivity index (χ0v) is 19.4. The monoisotopic (exact) mass is 504 g/mol. The molecule has 2 heterocycles. The number of benzene rings is 1. The Bertz CT molecular complexity index is 1010. The molecule has 3 rings (SSSR count). The highest BCUT2D eigenvalue weighted by Crippen LogP contribution is 2.37. The van der Waals surface area contributed by atoms with Crippen LogP contribution in [0.2, 0.25) is 5.02 Å². The molecule has 0 aliphatic carbocycles. The molecule has 0 saturated carbocycles. The van der Waals surface area contributed by atoms with Crippen molar-refractivity contribution in [3.05, 3.63) is 27.1 Å². The van der Waals surface area contributed by atoms with E-state index in [2.05, 4.69) is 21.0 Å². The first kappa shape index (κ1) is 22.8. The van der Waals surface area contributed by atoms with Crippen molar-refractivity contribution < 1.29 is 23.8 Å². The van der Waals surface area contributed by atoms with Crippen LogP contribution in [-0.4, -0.2) is 74.6 Å². The second-order valence-corrected chi connectivity index (χ2v) is 9.31. The number of fused-ring (bicyclic) bond motifs is 1. The number of aliphatic hydroxyl groups is 1. The molecule has 0 spiro atoms. The highest BCUT2D eigenvalue weighted by molar-refractivity contribution is 9.10. The van der Waals surface area contributed by atoms with E-state index in [1.807, 2.05) is 0 Å². The van der Waals surface area contributed by atoms with Gasteiger partial charge in [0.2, 0.25) is 0 Å². The zero-order chi connectivity index (χ0) is 22.4. The summed E-state index contributed by atoms with van der Waals surface area (Å²) in [6, 6.07) is -0.723. The average Bonchev–Trinajstić information content (AvgIpc) is 3.05. The molecule has 1 atom stereocenters. The van der Waals surface area contributed by atoms with E-state index >= 15 is 4.39 Å². The minimum Gasteiger partial charge on any atom is -0.444 e. The number of rotatable bonds is 2. The van der Waals surface area contributed by atoms with E-state index < -0.39 is 36.1 Å². The van der Waals surface area contributed by atoms with E-state index in [1.54, 1.807) is 34.0 Å². The van der Waals surface area contributed by atoms with Gasteiger partial charge in [-0.3, -0.25) is 9.48 Å². The molecule has 1 N–H and O–H groups in total. The van der Waals surface area contributed by atoms with E-state index in [0.29, 0.717) is 9.86 Å². The lowest BCUT2D eigenvalue weighted by atomic mass is 10.1. The van der Waals surface area contributed by atoms with Gasteiger partial charge in [-0.25, -0.2) is 9.18 Å². The van der Waals surface area contributed by atoms with Crippen molar-refractivity contribution in [2.24, 2.45) is 7.05 Å². The lowest BCUT2D eigenvalue weighted by Gasteiger charge is -2.41. The maximum Gasteiger partial charge on any atom is 0.410 e. The molecule has 1 aromatic carbocycles. The smallest absolute Gasteiger partial charge is 0.410 e. The maximum atomic E-state index is 15.0. The summed E-state index contributed by atoms with van der Waals surface area (Å²) in [5, 5.41) is 14.4. The second kappa shape index (κ2) is 8.32. The summed E-state index contributed by atoms with van der Waals surface area (Å²) < 4.78 is 22.2. The number of hydrogen-bond donors (Lipinski definition) is 1. The number of aryl methyl sites for hydroxylation is 1. The number of aliphatic hydroxyl groups excluding tert-OH is 1. The Balaban J connectivity index is 1.92. The molecule has 1 aliphatic heterocycles. The Morgan fingerprint density at radius 2 is 2.07 bits per heavy atom. The summed E-state index contributed by atoms with van der Waals surface area (Å²) in [4.78, 5) is 28.4. The van der Waals surface area contributed by atoms with Gasteiger partial charge in [0.05, 0.1) is 22.1 Å². The number of amides is 2. The molecule has 30 heavy (non-hydrogen) atoms. The van der Waals surface area contributed by atoms with Gasteiger partial charge in [-0.15, -0.1) is 0 Å². The van der Waals surface area contributed by atoms with E-state index in [1.165, 1.54) is 14.5 Å². The Kier molecular flexibility index (Phi) is 6.31. The highest BCUT2D eigenvalue weighted by Gasteiger charge is 2.37. The Labute approximate surface area is 186 Å². The molecule has 0 radical (unpaired) electrons. The number of carbonyl (C=O) groups excluding carboxylic acids is 2. The van der Waals surface area contributed by atoms with Crippen LogP contribution in [0.15, 0.2) is 10.7 Å². The highest BCUT2D eigenvalue weighted by atomic mass is 79.9. The maximum absolute atomic E-state index is 15.0. The van der Waals surface area contributed by atoms with Gasteiger partial charge in [-0.1, -0.05) is 11.6 Å². The van der Waals surface area contributed by atoms with Gasteiger partial charge in [0, 0.05) is 38.3 Å². The van der Waals surface area contributed by atoms with Crippen molar-refractivity contribution in [3.8, 4) is 0 Å². The predicted molar refractivity (Wildman–Crippen MR) is 113 cm³/mol. The molecule has 2 amide bonds. The van der Waals surface area contributed by atoms with E-state index in [9.17, 15) is 14.7 Å². The van der Waals surface area contributed by atoms with Gasteiger partial charge in [0.25, 0.3) is 5.91 Å². The molecule has 0 bridgehead atoms. The standard InChI is InChI=1S/C19H23BrClFN4O4/c1-19(2,3)30-18(29)25-5-6-26(10(7-25)9-27)17(28)12-15(22)14(21)13(20)11-8-24(4)23-16(11)12/h8,10,27H,5-7,9H2,1-4H3/t10-/m1/s1. The molecular formula is C19H23BrClFN4O4. The zero-order valence-electron chi connectivity index (χ0n) is 17.1. The first-order valence-electron chi connectivity index (χ1n) is 9.34. The van der Waals surface area contributed by atoms with Crippen molar-refractivity contribution in [3.63, 3.8) is 0 Å². The van der Waals surface area contributed by atoms with Crippen LogP contribution in [-0.2, 0) is 11.8 Å². The minimum atomic E-state index is -0.883. The summed E-state index contributed by atoms with van der Waals surface area (Å²) in [5.41, 5.74) is -0.758. The van der Waals surface area contributed by atoms with Crippen LogP contribution in [0.25, 0.3) is 10.9 Å². The lowest BCUT2D eigenvalue weighted by Crippen LogP contribution is -2.58. The van der Waals surface area contributed by atoms with Gasteiger partial charge in [-0.2, -0.15) is 5.10 Å². The Morgan fingerprint density at radius 3 is 2.67 bits per heavy atom. The summed E-state index contributed by atoms with van der Waals surface area (Å²) in [6.07, 6.45) is 1.10. The fraction of sp³-hybridized carbons (Fsp3) is 0.526. The van der Waals surface area contributed by atoms with E-state index in [0.717, 1.165) is 0 Å². The number of aromatic nitrogens is 2. The largest absolute Gasteiger partial charge is 0.444 e. The molecule has 1 saturated heterocycles. The third-order valence-corrected chi connectivity index (χ3v) is 6.13. The van der Waals surface area contributed by atoms with Crippen LogP contribution in [0.4, 0.5) is 9.18 Å². The minimum absolute atomic E-state index is 0.0639. The molecule has 0 unspecified atom stereocenters. The number of ether oxygens (including phenoxy) is 1. The fourth-order valence-corrected chi connectivity index (χ4v) is 4.03. The molecule has 8 nitrogen and oxygen atoms in total. The third kappa shape index (κ3) is 4.26. The van der Waals surface area contributed by atoms with Gasteiger partial charge < -0.3 is 19.6 Å². The number of hydrogen-bond acceptors (Lipinski definition) is 5. The summed E-state index contributed by atoms with van der Waals surface area (Å²) in [7, 11) is 1.66. The van der Waals surface area contributed by atoms with Crippen LogP contribution >= 0.6 is 27.5 Å². The number of carbonyl (C=O) groups is 2. The van der Waals surface area contributed by atoms with Gasteiger partial charge in [0.15, 0.2) is 5.82 Å². The normalized spacial score (nSPS) is 17.5. The second-order valence-electron chi connectivity index (χ2n) is 8.14. The predicted octanol–water partition coefficient (Wildman–Crippen LogP) is 3.18. The first-order chi connectivity index (χ1) is 13.9. The van der Waals surface area contributed by atoms with Crippen molar-refractivity contribution in [2.45, 2.75) is 32.4 Å². The quantitative estimate of drug-likeness (QED) is 0.634. The molecule has 164 valence electrons. The number of halogens is 3. The molecule has 1 aliphatic rings. The van der Waals surface area contributed by atoms with E-state index in [-0.39, 0.29) is 35.7 Å². The lowest BCUT2D eigenvalue weighted by molar-refractivity contribution is -0.00250. The molecular weight excluding hydrogens is 483 g/mol. The molecule has 1 fully saturated rings. The Morgan fingerprint density at radius 1 is 1.40 bits per heavy atom. The van der Waals surface area contributed by atoms with E-state index in [4.69, 9.17) is 16.3 Å². The van der Waals surface area contributed by atoms with Crippen molar-refractivity contribution in [2.75, 3.05) is 26.2 Å². The van der Waals surface area contributed by atoms with Crippen LogP contribution in [0, 0.1) is 5.82 Å². The van der Waals surface area contributed by atoms with Crippen LogP contribution in [0.1, 0.15) is 31.1 Å². The van der Waals surface area contributed by atoms with Crippen molar-refractivity contribution in [1.82, 2.24) is 19.6 Å². The van der Waals surface area contributed by atoms with Crippen LogP contribution in [0.5, 0.6) is 0 Å². The van der Waals surface area contributed by atoms with Gasteiger partial charge in [0.1, 0.15) is 16.7 Å². The van der Waals surface area contributed by atoms with Gasteiger partial charge in [-0.05, 0) is 36.7 Å². The number of piperazine rings is 1. The number of nitrogens with zero attached hydrogens (tertiary/aromatic N) is 4. The summed E-state index contributed by atoms with van der Waals surface area (Å²) in [6.45, 7) is 5.22. The summed E-state index contributed by atoms with van der Waals surface area (Å²) in [5.74, 6) is -1.53. The molecule has 1 aromatic heterocycles. The molecule has 2 aromatic rings. The van der Waals surface area contributed by atoms with Crippen LogP contribution < -0.4 is 0 Å².